The Hall–Kier alpha value is -3.48. The van der Waals surface area contributed by atoms with Gasteiger partial charge in [0.2, 0.25) is 0 Å². The summed E-state index contributed by atoms with van der Waals surface area (Å²) in [7, 11) is 1.60. The minimum absolute atomic E-state index is 0.320. The monoisotopic (exact) mass is 338 g/mol. The van der Waals surface area contributed by atoms with E-state index in [-0.39, 0.29) is 0 Å². The van der Waals surface area contributed by atoms with Gasteiger partial charge in [-0.05, 0) is 48.5 Å². The van der Waals surface area contributed by atoms with Gasteiger partial charge in [-0.15, -0.1) is 0 Å². The van der Waals surface area contributed by atoms with Crippen LogP contribution in [0.2, 0.25) is 0 Å². The highest BCUT2D eigenvalue weighted by Gasteiger charge is 2.07. The van der Waals surface area contributed by atoms with Crippen LogP contribution in [0.4, 0.5) is 4.39 Å². The second kappa shape index (κ2) is 7.39. The number of carbonyl (C=O) groups excluding carboxylic acids is 1. The molecule has 0 radical (unpaired) electrons. The van der Waals surface area contributed by atoms with E-state index < -0.39 is 11.7 Å². The van der Waals surface area contributed by atoms with E-state index in [2.05, 4.69) is 20.7 Å². The summed E-state index contributed by atoms with van der Waals surface area (Å²) in [4.78, 5) is 11.9. The summed E-state index contributed by atoms with van der Waals surface area (Å²) in [6.07, 6.45) is 3.09. The van der Waals surface area contributed by atoms with Crippen molar-refractivity contribution in [3.63, 3.8) is 0 Å². The molecule has 0 unspecified atom stereocenters. The predicted molar refractivity (Wildman–Crippen MR) is 92.0 cm³/mol. The van der Waals surface area contributed by atoms with Crippen molar-refractivity contribution in [2.75, 3.05) is 7.11 Å². The van der Waals surface area contributed by atoms with Crippen molar-refractivity contribution in [2.45, 2.75) is 0 Å². The number of halogens is 1. The highest BCUT2D eigenvalue weighted by molar-refractivity contribution is 5.95. The van der Waals surface area contributed by atoms with Crippen LogP contribution in [0, 0.1) is 5.82 Å². The largest absolute Gasteiger partial charge is 0.497 e. The smallest absolute Gasteiger partial charge is 0.271 e. The molecule has 0 bridgehead atoms. The molecule has 3 aromatic rings. The highest BCUT2D eigenvalue weighted by atomic mass is 19.1. The minimum atomic E-state index is -0.425. The average molecular weight is 338 g/mol. The number of H-pyrrole nitrogens is 1. The van der Waals surface area contributed by atoms with Crippen molar-refractivity contribution in [2.24, 2.45) is 5.10 Å². The van der Waals surface area contributed by atoms with Crippen molar-refractivity contribution in [1.29, 1.82) is 0 Å². The lowest BCUT2D eigenvalue weighted by Gasteiger charge is -2.03. The van der Waals surface area contributed by atoms with E-state index >= 15 is 0 Å². The van der Waals surface area contributed by atoms with E-state index in [1.807, 2.05) is 24.3 Å². The maximum Gasteiger partial charge on any atom is 0.271 e. The first kappa shape index (κ1) is 16.4. The summed E-state index contributed by atoms with van der Waals surface area (Å²) < 4.78 is 18.0. The molecule has 126 valence electrons. The van der Waals surface area contributed by atoms with Crippen LogP contribution >= 0.6 is 0 Å². The number of ether oxygens (including phenoxy) is 1. The number of aromatic nitrogens is 2. The highest BCUT2D eigenvalue weighted by Crippen LogP contribution is 2.22. The number of rotatable bonds is 5. The van der Waals surface area contributed by atoms with Gasteiger partial charge in [-0.2, -0.15) is 10.2 Å². The summed E-state index contributed by atoms with van der Waals surface area (Å²) >= 11 is 0. The number of hydrazone groups is 1. The fourth-order valence-corrected chi connectivity index (χ4v) is 2.21. The van der Waals surface area contributed by atoms with Gasteiger partial charge < -0.3 is 4.74 Å². The summed E-state index contributed by atoms with van der Waals surface area (Å²) in [5, 5.41) is 10.8. The topological polar surface area (TPSA) is 79.4 Å². The Morgan fingerprint density at radius 2 is 1.92 bits per heavy atom. The SMILES string of the molecule is COc1ccc(-c2[nH]ncc2C=NNC(=O)c2ccc(F)cc2)cc1. The van der Waals surface area contributed by atoms with E-state index in [0.717, 1.165) is 17.0 Å². The number of aromatic amines is 1. The Morgan fingerprint density at radius 1 is 1.20 bits per heavy atom. The zero-order chi connectivity index (χ0) is 17.6. The molecule has 0 saturated heterocycles. The molecule has 0 aliphatic heterocycles. The second-order valence-corrected chi connectivity index (χ2v) is 5.13. The van der Waals surface area contributed by atoms with Crippen LogP contribution < -0.4 is 10.2 Å². The molecule has 0 aliphatic carbocycles. The van der Waals surface area contributed by atoms with Crippen molar-refractivity contribution >= 4 is 12.1 Å². The van der Waals surface area contributed by atoms with Crippen molar-refractivity contribution in [1.82, 2.24) is 15.6 Å². The average Bonchev–Trinajstić information content (AvgIpc) is 3.11. The third-order valence-electron chi connectivity index (χ3n) is 3.52. The maximum atomic E-state index is 12.9. The van der Waals surface area contributed by atoms with Crippen LogP contribution in [-0.4, -0.2) is 29.4 Å². The molecule has 2 N–H and O–H groups in total. The van der Waals surface area contributed by atoms with Crippen molar-refractivity contribution in [3.8, 4) is 17.0 Å². The Kier molecular flexibility index (Phi) is 4.84. The van der Waals surface area contributed by atoms with Crippen molar-refractivity contribution < 1.29 is 13.9 Å². The molecule has 0 spiro atoms. The quantitative estimate of drug-likeness (QED) is 0.554. The van der Waals surface area contributed by atoms with Gasteiger partial charge in [-0.1, -0.05) is 0 Å². The van der Waals surface area contributed by atoms with Crippen LogP contribution in [0.25, 0.3) is 11.3 Å². The first-order valence-electron chi connectivity index (χ1n) is 7.44. The molecule has 3 rings (SSSR count). The molecule has 1 aromatic heterocycles. The van der Waals surface area contributed by atoms with Crippen LogP contribution in [0.5, 0.6) is 5.75 Å². The van der Waals surface area contributed by atoms with E-state index in [9.17, 15) is 9.18 Å². The standard InChI is InChI=1S/C18H15FN4O2/c1-25-16-8-4-12(5-9-16)17-14(10-20-22-17)11-21-23-18(24)13-2-6-15(19)7-3-13/h2-11H,1H3,(H,20,22)(H,23,24). The molecule has 0 atom stereocenters. The van der Waals surface area contributed by atoms with Gasteiger partial charge in [0.05, 0.1) is 25.2 Å². The second-order valence-electron chi connectivity index (χ2n) is 5.13. The molecule has 2 aromatic carbocycles. The first-order chi connectivity index (χ1) is 12.2. The van der Waals surface area contributed by atoms with Gasteiger partial charge in [0.15, 0.2) is 0 Å². The Balaban J connectivity index is 1.71. The van der Waals surface area contributed by atoms with Crippen LogP contribution in [0.1, 0.15) is 15.9 Å². The number of methoxy groups -OCH3 is 1. The van der Waals surface area contributed by atoms with Gasteiger partial charge in [0.1, 0.15) is 11.6 Å². The number of benzene rings is 2. The van der Waals surface area contributed by atoms with Gasteiger partial charge in [-0.25, -0.2) is 9.82 Å². The van der Waals surface area contributed by atoms with Crippen LogP contribution in [-0.2, 0) is 0 Å². The Bertz CT molecular complexity index is 886. The molecule has 0 fully saturated rings. The van der Waals surface area contributed by atoms with E-state index in [0.29, 0.717) is 11.1 Å². The molecule has 0 saturated carbocycles. The summed E-state index contributed by atoms with van der Waals surface area (Å²) in [5.41, 5.74) is 5.11. The lowest BCUT2D eigenvalue weighted by molar-refractivity contribution is 0.0955. The number of hydrogen-bond donors (Lipinski definition) is 2. The van der Waals surface area contributed by atoms with Crippen molar-refractivity contribution in [3.05, 3.63) is 71.7 Å². The fourth-order valence-electron chi connectivity index (χ4n) is 2.21. The molecule has 1 heterocycles. The van der Waals surface area contributed by atoms with Crippen LogP contribution in [0.15, 0.2) is 59.8 Å². The van der Waals surface area contributed by atoms with Crippen LogP contribution in [0.3, 0.4) is 0 Å². The molecular formula is C18H15FN4O2. The molecule has 25 heavy (non-hydrogen) atoms. The third kappa shape index (κ3) is 3.89. The third-order valence-corrected chi connectivity index (χ3v) is 3.52. The molecule has 7 heteroatoms. The maximum absolute atomic E-state index is 12.9. The van der Waals surface area contributed by atoms with E-state index in [1.54, 1.807) is 13.3 Å². The van der Waals surface area contributed by atoms with E-state index in [1.165, 1.54) is 30.5 Å². The van der Waals surface area contributed by atoms with E-state index in [4.69, 9.17) is 4.74 Å². The molecular weight excluding hydrogens is 323 g/mol. The molecule has 6 nitrogen and oxygen atoms in total. The fraction of sp³-hybridized carbons (Fsp3) is 0.0556. The Labute approximate surface area is 143 Å². The summed E-state index contributed by atoms with van der Waals surface area (Å²) in [5.74, 6) is -0.0710. The first-order valence-corrected chi connectivity index (χ1v) is 7.44. The number of nitrogens with one attached hydrogen (secondary N) is 2. The molecule has 1 amide bonds. The normalized spacial score (nSPS) is 10.8. The number of carbonyl (C=O) groups is 1. The zero-order valence-corrected chi connectivity index (χ0v) is 13.4. The summed E-state index contributed by atoms with van der Waals surface area (Å²) in [6, 6.07) is 12.7. The van der Waals surface area contributed by atoms with Gasteiger partial charge in [0, 0.05) is 16.7 Å². The number of nitrogens with zero attached hydrogens (tertiary/aromatic N) is 2. The van der Waals surface area contributed by atoms with Gasteiger partial charge in [0.25, 0.3) is 5.91 Å². The Morgan fingerprint density at radius 3 is 2.60 bits per heavy atom. The van der Waals surface area contributed by atoms with Gasteiger partial charge in [-0.3, -0.25) is 9.89 Å². The molecule has 0 aliphatic rings. The number of hydrogen-bond acceptors (Lipinski definition) is 4. The lowest BCUT2D eigenvalue weighted by Crippen LogP contribution is -2.17. The van der Waals surface area contributed by atoms with Gasteiger partial charge >= 0.3 is 0 Å². The minimum Gasteiger partial charge on any atom is -0.497 e. The lowest BCUT2D eigenvalue weighted by atomic mass is 10.1. The summed E-state index contributed by atoms with van der Waals surface area (Å²) in [6.45, 7) is 0. The predicted octanol–water partition coefficient (Wildman–Crippen LogP) is 2.99. The zero-order valence-electron chi connectivity index (χ0n) is 13.4. The number of amides is 1.